The van der Waals surface area contributed by atoms with E-state index in [1.54, 1.807) is 48.5 Å². The van der Waals surface area contributed by atoms with Gasteiger partial charge in [-0.15, -0.1) is 0 Å². The molecule has 0 aromatic heterocycles. The zero-order valence-corrected chi connectivity index (χ0v) is 14.9. The van der Waals surface area contributed by atoms with Crippen molar-refractivity contribution in [3.8, 4) is 0 Å². The Hall–Kier alpha value is -2.49. The predicted octanol–water partition coefficient (Wildman–Crippen LogP) is 6.53. The zero-order valence-electron chi connectivity index (χ0n) is 14.9. The topological polar surface area (TPSA) is 3.24 Å². The molecule has 3 rings (SSSR count). The molecule has 1 nitrogen and oxygen atoms in total. The Balaban J connectivity index is 2.30. The van der Waals surface area contributed by atoms with E-state index in [1.807, 2.05) is 31.2 Å². The Morgan fingerprint density at radius 2 is 1.42 bits per heavy atom. The number of anilines is 1. The summed E-state index contributed by atoms with van der Waals surface area (Å²) in [7, 11) is 0. The molecule has 4 heteroatoms. The van der Waals surface area contributed by atoms with Crippen molar-refractivity contribution in [2.24, 2.45) is 0 Å². The molecule has 0 heterocycles. The maximum absolute atomic E-state index is 14.5. The second-order valence-corrected chi connectivity index (χ2v) is 6.58. The van der Waals surface area contributed by atoms with Gasteiger partial charge in [-0.2, -0.15) is 13.2 Å². The van der Waals surface area contributed by atoms with E-state index in [-0.39, 0.29) is 5.56 Å². The second-order valence-electron chi connectivity index (χ2n) is 6.58. The fourth-order valence-electron chi connectivity index (χ4n) is 3.54. The van der Waals surface area contributed by atoms with Crippen LogP contribution in [0.3, 0.4) is 0 Å². The van der Waals surface area contributed by atoms with Crippen LogP contribution in [-0.4, -0.2) is 12.7 Å². The van der Waals surface area contributed by atoms with Gasteiger partial charge in [0.2, 0.25) is 0 Å². The molecule has 1 atom stereocenters. The molecule has 26 heavy (non-hydrogen) atoms. The summed E-state index contributed by atoms with van der Waals surface area (Å²) in [6, 6.07) is 21.3. The smallest absolute Gasteiger partial charge is 0.354 e. The molecule has 0 amide bonds. The summed E-state index contributed by atoms with van der Waals surface area (Å²) in [5.74, 6) is 0. The van der Waals surface area contributed by atoms with E-state index in [0.29, 0.717) is 24.0 Å². The summed E-state index contributed by atoms with van der Waals surface area (Å²) < 4.78 is 43.6. The second kappa shape index (κ2) is 7.02. The lowest BCUT2D eigenvalue weighted by molar-refractivity contribution is -0.185. The van der Waals surface area contributed by atoms with Crippen LogP contribution in [0.5, 0.6) is 0 Å². The first-order valence-electron chi connectivity index (χ1n) is 8.77. The quantitative estimate of drug-likeness (QED) is 0.501. The monoisotopic (exact) mass is 357 g/mol. The molecule has 136 valence electrons. The molecule has 0 N–H and O–H groups in total. The van der Waals surface area contributed by atoms with Crippen molar-refractivity contribution in [2.75, 3.05) is 11.4 Å². The van der Waals surface area contributed by atoms with E-state index in [4.69, 9.17) is 0 Å². The van der Waals surface area contributed by atoms with E-state index in [9.17, 15) is 13.2 Å². The van der Waals surface area contributed by atoms with Crippen LogP contribution in [0.1, 0.15) is 25.8 Å². The first-order valence-corrected chi connectivity index (χ1v) is 8.77. The summed E-state index contributed by atoms with van der Waals surface area (Å²) in [4.78, 5) is 1.48. The molecule has 0 saturated heterocycles. The van der Waals surface area contributed by atoms with Crippen molar-refractivity contribution in [1.82, 2.24) is 0 Å². The van der Waals surface area contributed by atoms with Crippen LogP contribution in [-0.2, 0) is 5.54 Å². The highest BCUT2D eigenvalue weighted by Crippen LogP contribution is 2.47. The van der Waals surface area contributed by atoms with Crippen molar-refractivity contribution < 1.29 is 13.2 Å². The molecule has 3 aromatic carbocycles. The van der Waals surface area contributed by atoms with Crippen LogP contribution in [0.15, 0.2) is 72.8 Å². The fourth-order valence-corrected chi connectivity index (χ4v) is 3.54. The standard InChI is InChI=1S/C22H22F3N/c1-3-16-26(18-12-5-4-6-13-18)21(2,22(23,24)25)20-15-9-11-17-10-7-8-14-19(17)20/h4-15H,3,16H2,1-2H3. The van der Waals surface area contributed by atoms with Gasteiger partial charge in [0.1, 0.15) is 0 Å². The Bertz CT molecular complexity index is 868. The van der Waals surface area contributed by atoms with E-state index >= 15 is 0 Å². The first-order chi connectivity index (χ1) is 12.4. The SMILES string of the molecule is CCCN(c1ccccc1)C(C)(c1cccc2ccccc12)C(F)(F)F. The molecule has 0 aliphatic heterocycles. The molecular formula is C22H22F3N. The van der Waals surface area contributed by atoms with Crippen LogP contribution >= 0.6 is 0 Å². The normalized spacial score (nSPS) is 14.2. The minimum absolute atomic E-state index is 0.278. The molecule has 0 bridgehead atoms. The average molecular weight is 357 g/mol. The Labute approximate surface area is 152 Å². The lowest BCUT2D eigenvalue weighted by Gasteiger charge is -2.45. The molecule has 3 aromatic rings. The van der Waals surface area contributed by atoms with E-state index < -0.39 is 11.7 Å². The highest BCUT2D eigenvalue weighted by Gasteiger charge is 2.56. The number of fused-ring (bicyclic) bond motifs is 1. The number of hydrogen-bond acceptors (Lipinski definition) is 1. The largest absolute Gasteiger partial charge is 0.415 e. The number of alkyl halides is 3. The summed E-state index contributed by atoms with van der Waals surface area (Å²) in [6.45, 7) is 3.50. The van der Waals surface area contributed by atoms with E-state index in [1.165, 1.54) is 11.8 Å². The minimum atomic E-state index is -4.44. The first kappa shape index (κ1) is 18.3. The third-order valence-corrected chi connectivity index (χ3v) is 4.92. The summed E-state index contributed by atoms with van der Waals surface area (Å²) in [5, 5.41) is 1.44. The van der Waals surface area contributed by atoms with Gasteiger partial charge in [-0.25, -0.2) is 0 Å². The highest BCUT2D eigenvalue weighted by atomic mass is 19.4. The number of nitrogens with zero attached hydrogens (tertiary/aromatic N) is 1. The van der Waals surface area contributed by atoms with Crippen LogP contribution in [0.2, 0.25) is 0 Å². The highest BCUT2D eigenvalue weighted by molar-refractivity contribution is 5.87. The van der Waals surface area contributed by atoms with Gasteiger partial charge in [0.25, 0.3) is 0 Å². The van der Waals surface area contributed by atoms with Crippen molar-refractivity contribution in [2.45, 2.75) is 32.0 Å². The van der Waals surface area contributed by atoms with Crippen molar-refractivity contribution in [3.05, 3.63) is 78.4 Å². The molecule has 0 spiro atoms. The molecule has 0 saturated carbocycles. The van der Waals surface area contributed by atoms with Crippen molar-refractivity contribution in [3.63, 3.8) is 0 Å². The van der Waals surface area contributed by atoms with Gasteiger partial charge in [0.15, 0.2) is 5.54 Å². The van der Waals surface area contributed by atoms with Crippen molar-refractivity contribution in [1.29, 1.82) is 0 Å². The minimum Gasteiger partial charge on any atom is -0.354 e. The van der Waals surface area contributed by atoms with Gasteiger partial charge in [-0.3, -0.25) is 0 Å². The summed E-state index contributed by atoms with van der Waals surface area (Å²) in [5.41, 5.74) is -1.28. The molecule has 0 aliphatic carbocycles. The Morgan fingerprint density at radius 3 is 2.08 bits per heavy atom. The van der Waals surface area contributed by atoms with Gasteiger partial charge in [0, 0.05) is 12.2 Å². The summed E-state index contributed by atoms with van der Waals surface area (Å²) >= 11 is 0. The molecular weight excluding hydrogens is 335 g/mol. The van der Waals surface area contributed by atoms with Crippen LogP contribution in [0, 0.1) is 0 Å². The molecule has 0 fully saturated rings. The zero-order chi connectivity index (χ0) is 18.8. The number of rotatable bonds is 5. The third-order valence-electron chi connectivity index (χ3n) is 4.92. The van der Waals surface area contributed by atoms with Crippen molar-refractivity contribution >= 4 is 16.5 Å². The maximum atomic E-state index is 14.5. The fraction of sp³-hybridized carbons (Fsp3) is 0.273. The number of hydrogen-bond donors (Lipinski definition) is 0. The Kier molecular flexibility index (Phi) is 4.94. The maximum Gasteiger partial charge on any atom is 0.415 e. The van der Waals surface area contributed by atoms with E-state index in [0.717, 1.165) is 5.39 Å². The number of benzene rings is 3. The lowest BCUT2D eigenvalue weighted by atomic mass is 9.84. The average Bonchev–Trinajstić information content (AvgIpc) is 2.65. The van der Waals surface area contributed by atoms with Gasteiger partial charge >= 0.3 is 6.18 Å². The molecule has 0 radical (unpaired) electrons. The molecule has 0 aliphatic rings. The Morgan fingerprint density at radius 1 is 0.808 bits per heavy atom. The number of halogens is 3. The molecule has 1 unspecified atom stereocenters. The van der Waals surface area contributed by atoms with Crippen LogP contribution in [0.4, 0.5) is 18.9 Å². The third kappa shape index (κ3) is 3.05. The predicted molar refractivity (Wildman–Crippen MR) is 101 cm³/mol. The van der Waals surface area contributed by atoms with Gasteiger partial charge in [-0.05, 0) is 41.8 Å². The van der Waals surface area contributed by atoms with Gasteiger partial charge < -0.3 is 4.90 Å². The van der Waals surface area contributed by atoms with Gasteiger partial charge in [-0.1, -0.05) is 67.6 Å². The van der Waals surface area contributed by atoms with E-state index in [2.05, 4.69) is 0 Å². The van der Waals surface area contributed by atoms with Crippen LogP contribution in [0.25, 0.3) is 10.8 Å². The summed E-state index contributed by atoms with van der Waals surface area (Å²) in [6.07, 6.45) is -3.83. The van der Waals surface area contributed by atoms with Gasteiger partial charge in [0.05, 0.1) is 0 Å². The lowest BCUT2D eigenvalue weighted by Crippen LogP contribution is -2.55. The number of para-hydroxylation sites is 1. The van der Waals surface area contributed by atoms with Crippen LogP contribution < -0.4 is 4.90 Å².